The van der Waals surface area contributed by atoms with Gasteiger partial charge in [0.15, 0.2) is 5.78 Å². The molecule has 0 unspecified atom stereocenters. The summed E-state index contributed by atoms with van der Waals surface area (Å²) in [4.78, 5) is 11.1. The molecule has 0 amide bonds. The first kappa shape index (κ1) is 8.97. The molecule has 0 saturated carbocycles. The van der Waals surface area contributed by atoms with Crippen LogP contribution in [0.2, 0.25) is 0 Å². The van der Waals surface area contributed by atoms with E-state index in [1.165, 1.54) is 0 Å². The average molecular weight is 166 g/mol. The van der Waals surface area contributed by atoms with Gasteiger partial charge in [-0.1, -0.05) is 0 Å². The predicted octanol–water partition coefficient (Wildman–Crippen LogP) is 1.84. The van der Waals surface area contributed by atoms with Gasteiger partial charge in [0.1, 0.15) is 5.69 Å². The van der Waals surface area contributed by atoms with Crippen molar-refractivity contribution in [3.63, 3.8) is 0 Å². The lowest BCUT2D eigenvalue weighted by Crippen LogP contribution is -2.26. The van der Waals surface area contributed by atoms with Crippen LogP contribution in [-0.2, 0) is 5.54 Å². The molecule has 1 heterocycles. The van der Waals surface area contributed by atoms with Crippen molar-refractivity contribution in [3.05, 3.63) is 18.0 Å². The predicted molar refractivity (Wildman–Crippen MR) is 47.2 cm³/mol. The van der Waals surface area contributed by atoms with Gasteiger partial charge < -0.3 is 0 Å². The second-order valence-electron chi connectivity index (χ2n) is 3.86. The lowest BCUT2D eigenvalue weighted by Gasteiger charge is -2.21. The van der Waals surface area contributed by atoms with Crippen LogP contribution in [0.5, 0.6) is 0 Å². The molecule has 0 bridgehead atoms. The molecular weight excluding hydrogens is 152 g/mol. The summed E-state index contributed by atoms with van der Waals surface area (Å²) in [5.41, 5.74) is 0.548. The van der Waals surface area contributed by atoms with Gasteiger partial charge in [0.2, 0.25) is 0 Å². The van der Waals surface area contributed by atoms with E-state index in [1.807, 2.05) is 20.8 Å². The Bertz CT molecular complexity index is 294. The van der Waals surface area contributed by atoms with Crippen molar-refractivity contribution in [2.75, 3.05) is 0 Å². The van der Waals surface area contributed by atoms with Crippen molar-refractivity contribution >= 4 is 5.78 Å². The first-order valence-electron chi connectivity index (χ1n) is 3.98. The molecule has 66 valence electrons. The third-order valence-corrected chi connectivity index (χ3v) is 1.64. The van der Waals surface area contributed by atoms with Crippen molar-refractivity contribution < 1.29 is 4.79 Å². The summed E-state index contributed by atoms with van der Waals surface area (Å²) in [5, 5.41) is 4.10. The van der Waals surface area contributed by atoms with E-state index in [9.17, 15) is 4.79 Å². The molecule has 12 heavy (non-hydrogen) atoms. The fourth-order valence-electron chi connectivity index (χ4n) is 1.10. The number of aromatic nitrogens is 2. The maximum Gasteiger partial charge on any atom is 0.177 e. The zero-order chi connectivity index (χ0) is 9.35. The molecule has 1 aromatic rings. The van der Waals surface area contributed by atoms with Gasteiger partial charge in [-0.25, -0.2) is 0 Å². The summed E-state index contributed by atoms with van der Waals surface area (Å²) in [7, 11) is 0. The molecule has 0 atom stereocenters. The summed E-state index contributed by atoms with van der Waals surface area (Å²) in [5.74, 6) is 0.0578. The van der Waals surface area contributed by atoms with Crippen LogP contribution in [0.3, 0.4) is 0 Å². The van der Waals surface area contributed by atoms with Crippen LogP contribution in [0.4, 0.5) is 0 Å². The lowest BCUT2D eigenvalue weighted by molar-refractivity contribution is 0.0996. The smallest absolute Gasteiger partial charge is 0.177 e. The van der Waals surface area contributed by atoms with Gasteiger partial charge in [0.05, 0.1) is 5.54 Å². The van der Waals surface area contributed by atoms with Gasteiger partial charge >= 0.3 is 0 Å². The van der Waals surface area contributed by atoms with Crippen molar-refractivity contribution in [3.8, 4) is 0 Å². The van der Waals surface area contributed by atoms with E-state index in [2.05, 4.69) is 5.10 Å². The van der Waals surface area contributed by atoms with Crippen LogP contribution in [0.25, 0.3) is 0 Å². The monoisotopic (exact) mass is 166 g/mol. The van der Waals surface area contributed by atoms with Crippen LogP contribution in [0.15, 0.2) is 12.3 Å². The number of hydrogen-bond donors (Lipinski definition) is 0. The molecule has 0 aliphatic rings. The fraction of sp³-hybridized carbons (Fsp3) is 0.556. The minimum Gasteiger partial charge on any atom is -0.293 e. The second kappa shape index (κ2) is 2.73. The number of nitrogens with zero attached hydrogens (tertiary/aromatic N) is 2. The van der Waals surface area contributed by atoms with Gasteiger partial charge in [0, 0.05) is 13.1 Å². The Kier molecular flexibility index (Phi) is 2.04. The van der Waals surface area contributed by atoms with E-state index in [4.69, 9.17) is 0 Å². The Hall–Kier alpha value is -1.12. The van der Waals surface area contributed by atoms with E-state index in [0.717, 1.165) is 0 Å². The number of rotatable bonds is 1. The SMILES string of the molecule is CC(=O)c1ccnn1C(C)(C)C. The van der Waals surface area contributed by atoms with Crippen LogP contribution in [0.1, 0.15) is 38.2 Å². The minimum atomic E-state index is -0.121. The first-order chi connectivity index (χ1) is 5.43. The maximum absolute atomic E-state index is 11.1. The van der Waals surface area contributed by atoms with Crippen molar-refractivity contribution in [1.82, 2.24) is 9.78 Å². The first-order valence-corrected chi connectivity index (χ1v) is 3.98. The van der Waals surface area contributed by atoms with Crippen molar-refractivity contribution in [2.24, 2.45) is 0 Å². The Labute approximate surface area is 72.4 Å². The summed E-state index contributed by atoms with van der Waals surface area (Å²) in [6.45, 7) is 7.62. The number of ketones is 1. The maximum atomic E-state index is 11.1. The largest absolute Gasteiger partial charge is 0.293 e. The quantitative estimate of drug-likeness (QED) is 0.597. The highest BCUT2D eigenvalue weighted by atomic mass is 16.1. The van der Waals surface area contributed by atoms with Gasteiger partial charge in [-0.15, -0.1) is 0 Å². The zero-order valence-electron chi connectivity index (χ0n) is 7.96. The molecule has 0 spiro atoms. The normalized spacial score (nSPS) is 11.7. The third-order valence-electron chi connectivity index (χ3n) is 1.64. The number of carbonyl (C=O) groups excluding carboxylic acids is 1. The Balaban J connectivity index is 3.17. The van der Waals surface area contributed by atoms with Crippen LogP contribution in [0, 0.1) is 0 Å². The van der Waals surface area contributed by atoms with Crippen LogP contribution in [-0.4, -0.2) is 15.6 Å². The van der Waals surface area contributed by atoms with E-state index in [-0.39, 0.29) is 11.3 Å². The highest BCUT2D eigenvalue weighted by molar-refractivity contribution is 5.92. The highest BCUT2D eigenvalue weighted by Crippen LogP contribution is 2.15. The Morgan fingerprint density at radius 3 is 2.42 bits per heavy atom. The van der Waals surface area contributed by atoms with Gasteiger partial charge in [-0.2, -0.15) is 5.10 Å². The molecule has 0 saturated heterocycles. The van der Waals surface area contributed by atoms with Crippen LogP contribution >= 0.6 is 0 Å². The second-order valence-corrected chi connectivity index (χ2v) is 3.86. The van der Waals surface area contributed by atoms with E-state index in [0.29, 0.717) is 5.69 Å². The topological polar surface area (TPSA) is 34.9 Å². The lowest BCUT2D eigenvalue weighted by atomic mass is 10.1. The van der Waals surface area contributed by atoms with Gasteiger partial charge in [-0.3, -0.25) is 9.48 Å². The standard InChI is InChI=1S/C9H14N2O/c1-7(12)8-5-6-10-11(8)9(2,3)4/h5-6H,1-4H3. The summed E-state index contributed by atoms with van der Waals surface area (Å²) < 4.78 is 1.75. The number of hydrogen-bond acceptors (Lipinski definition) is 2. The molecule has 0 aliphatic carbocycles. The third kappa shape index (κ3) is 1.55. The molecule has 3 heteroatoms. The molecule has 1 rings (SSSR count). The Morgan fingerprint density at radius 1 is 1.50 bits per heavy atom. The van der Waals surface area contributed by atoms with Gasteiger partial charge in [-0.05, 0) is 26.8 Å². The molecule has 0 N–H and O–H groups in total. The summed E-state index contributed by atoms with van der Waals surface area (Å²) in [6, 6.07) is 1.74. The summed E-state index contributed by atoms with van der Waals surface area (Å²) >= 11 is 0. The Morgan fingerprint density at radius 2 is 2.08 bits per heavy atom. The number of Topliss-reactive ketones (excluding diaryl/α,β-unsaturated/α-hetero) is 1. The molecule has 3 nitrogen and oxygen atoms in total. The van der Waals surface area contributed by atoms with Gasteiger partial charge in [0.25, 0.3) is 0 Å². The van der Waals surface area contributed by atoms with Crippen molar-refractivity contribution in [2.45, 2.75) is 33.2 Å². The molecule has 0 aliphatic heterocycles. The van der Waals surface area contributed by atoms with E-state index < -0.39 is 0 Å². The minimum absolute atomic E-state index is 0.0578. The molecule has 1 aromatic heterocycles. The molecular formula is C9H14N2O. The van der Waals surface area contributed by atoms with E-state index in [1.54, 1.807) is 23.9 Å². The zero-order valence-corrected chi connectivity index (χ0v) is 7.96. The molecule has 0 radical (unpaired) electrons. The molecule has 0 aromatic carbocycles. The van der Waals surface area contributed by atoms with Crippen molar-refractivity contribution in [1.29, 1.82) is 0 Å². The molecule has 0 fully saturated rings. The number of carbonyl (C=O) groups is 1. The van der Waals surface area contributed by atoms with E-state index >= 15 is 0 Å². The highest BCUT2D eigenvalue weighted by Gasteiger charge is 2.18. The summed E-state index contributed by atoms with van der Waals surface area (Å²) in [6.07, 6.45) is 1.65. The average Bonchev–Trinajstić information content (AvgIpc) is 2.30. The fourth-order valence-corrected chi connectivity index (χ4v) is 1.10. The van der Waals surface area contributed by atoms with Crippen LogP contribution < -0.4 is 0 Å².